The van der Waals surface area contributed by atoms with Gasteiger partial charge in [-0.1, -0.05) is 13.8 Å². The molecule has 2 fully saturated rings. The Morgan fingerprint density at radius 2 is 1.94 bits per heavy atom. The minimum absolute atomic E-state index is 0.162. The Morgan fingerprint density at radius 3 is 2.38 bits per heavy atom. The zero-order valence-corrected chi connectivity index (χ0v) is 10.3. The maximum Gasteiger partial charge on any atom is 0.235 e. The van der Waals surface area contributed by atoms with Gasteiger partial charge in [0.15, 0.2) is 0 Å². The highest BCUT2D eigenvalue weighted by molar-refractivity contribution is 5.80. The Hall–Kier alpha value is -0.610. The van der Waals surface area contributed by atoms with Gasteiger partial charge in [0.1, 0.15) is 0 Å². The van der Waals surface area contributed by atoms with Crippen molar-refractivity contribution in [3.8, 4) is 0 Å². The van der Waals surface area contributed by atoms with Gasteiger partial charge >= 0.3 is 0 Å². The van der Waals surface area contributed by atoms with E-state index in [0.29, 0.717) is 6.04 Å². The molecule has 16 heavy (non-hydrogen) atoms. The van der Waals surface area contributed by atoms with Crippen LogP contribution in [0.25, 0.3) is 0 Å². The lowest BCUT2D eigenvalue weighted by Gasteiger charge is -2.22. The van der Waals surface area contributed by atoms with E-state index in [4.69, 9.17) is 5.73 Å². The zero-order chi connectivity index (χ0) is 11.7. The molecule has 3 N–H and O–H groups in total. The van der Waals surface area contributed by atoms with Gasteiger partial charge in [-0.25, -0.2) is 0 Å². The third kappa shape index (κ3) is 2.95. The van der Waals surface area contributed by atoms with Crippen LogP contribution in [0.5, 0.6) is 0 Å². The molecule has 1 aliphatic carbocycles. The van der Waals surface area contributed by atoms with E-state index in [1.807, 2.05) is 0 Å². The Bertz CT molecular complexity index is 255. The van der Waals surface area contributed by atoms with Crippen molar-refractivity contribution in [3.05, 3.63) is 0 Å². The van der Waals surface area contributed by atoms with E-state index in [0.717, 1.165) is 31.5 Å². The summed E-state index contributed by atoms with van der Waals surface area (Å²) in [5, 5.41) is 3.33. The molecule has 1 heterocycles. The standard InChI is InChI=1S/C12H23N3O/c1-8-5-15(6-9(8)2)7-11(12(13)16)14-10-3-4-10/h8-11,14H,3-7H2,1-2H3,(H2,13,16). The van der Waals surface area contributed by atoms with E-state index in [1.54, 1.807) is 0 Å². The summed E-state index contributed by atoms with van der Waals surface area (Å²) in [6.45, 7) is 7.52. The highest BCUT2D eigenvalue weighted by atomic mass is 16.1. The van der Waals surface area contributed by atoms with Crippen LogP contribution in [0.3, 0.4) is 0 Å². The lowest BCUT2D eigenvalue weighted by atomic mass is 10.0. The molecule has 0 aromatic heterocycles. The van der Waals surface area contributed by atoms with Crippen molar-refractivity contribution >= 4 is 5.91 Å². The first kappa shape index (κ1) is 11.9. The highest BCUT2D eigenvalue weighted by Gasteiger charge is 2.32. The van der Waals surface area contributed by atoms with E-state index in [-0.39, 0.29) is 11.9 Å². The predicted molar refractivity (Wildman–Crippen MR) is 63.9 cm³/mol. The van der Waals surface area contributed by atoms with E-state index in [9.17, 15) is 4.79 Å². The van der Waals surface area contributed by atoms with Gasteiger partial charge in [-0.15, -0.1) is 0 Å². The van der Waals surface area contributed by atoms with Crippen molar-refractivity contribution in [1.82, 2.24) is 10.2 Å². The van der Waals surface area contributed by atoms with Gasteiger partial charge in [0.25, 0.3) is 0 Å². The van der Waals surface area contributed by atoms with Gasteiger partial charge in [-0.3, -0.25) is 4.79 Å². The van der Waals surface area contributed by atoms with Crippen LogP contribution in [-0.4, -0.2) is 42.5 Å². The first-order chi connectivity index (χ1) is 7.56. The maximum atomic E-state index is 11.3. The first-order valence-corrected chi connectivity index (χ1v) is 6.34. The number of amides is 1. The molecule has 0 bridgehead atoms. The van der Waals surface area contributed by atoms with E-state index in [1.165, 1.54) is 12.8 Å². The van der Waals surface area contributed by atoms with E-state index < -0.39 is 0 Å². The van der Waals surface area contributed by atoms with Crippen molar-refractivity contribution in [2.24, 2.45) is 17.6 Å². The fourth-order valence-corrected chi connectivity index (χ4v) is 2.42. The molecule has 3 atom stereocenters. The molecule has 0 aromatic carbocycles. The van der Waals surface area contributed by atoms with Gasteiger partial charge in [-0.05, 0) is 24.7 Å². The summed E-state index contributed by atoms with van der Waals surface area (Å²) in [6, 6.07) is 0.375. The van der Waals surface area contributed by atoms with Crippen molar-refractivity contribution in [1.29, 1.82) is 0 Å². The normalized spacial score (nSPS) is 32.9. The second kappa shape index (κ2) is 4.72. The van der Waals surface area contributed by atoms with E-state index in [2.05, 4.69) is 24.1 Å². The van der Waals surface area contributed by atoms with Crippen LogP contribution in [0.15, 0.2) is 0 Å². The average molecular weight is 225 g/mol. The molecule has 1 saturated carbocycles. The molecule has 0 aromatic rings. The lowest BCUT2D eigenvalue weighted by Crippen LogP contribution is -2.49. The molecule has 4 heteroatoms. The molecule has 0 spiro atoms. The van der Waals surface area contributed by atoms with Gasteiger partial charge in [0, 0.05) is 25.7 Å². The molecule has 1 amide bonds. The molecule has 4 nitrogen and oxygen atoms in total. The monoisotopic (exact) mass is 225 g/mol. The quantitative estimate of drug-likeness (QED) is 0.702. The van der Waals surface area contributed by atoms with Crippen molar-refractivity contribution < 1.29 is 4.79 Å². The maximum absolute atomic E-state index is 11.3. The lowest BCUT2D eigenvalue weighted by molar-refractivity contribution is -0.120. The van der Waals surface area contributed by atoms with Crippen LogP contribution >= 0.6 is 0 Å². The Morgan fingerprint density at radius 1 is 1.38 bits per heavy atom. The molecule has 2 rings (SSSR count). The third-order valence-electron chi connectivity index (χ3n) is 3.86. The fraction of sp³-hybridized carbons (Fsp3) is 0.917. The number of nitrogens with two attached hydrogens (primary N) is 1. The smallest absolute Gasteiger partial charge is 0.235 e. The van der Waals surface area contributed by atoms with Crippen molar-refractivity contribution in [2.45, 2.75) is 38.8 Å². The minimum Gasteiger partial charge on any atom is -0.368 e. The number of hydrogen-bond donors (Lipinski definition) is 2. The molecule has 2 aliphatic rings. The molecular formula is C12H23N3O. The summed E-state index contributed by atoms with van der Waals surface area (Å²) >= 11 is 0. The molecule has 92 valence electrons. The Kier molecular flexibility index (Phi) is 3.50. The second-order valence-corrected chi connectivity index (χ2v) is 5.57. The van der Waals surface area contributed by atoms with Crippen molar-refractivity contribution in [2.75, 3.05) is 19.6 Å². The molecular weight excluding hydrogens is 202 g/mol. The minimum atomic E-state index is -0.209. The topological polar surface area (TPSA) is 58.4 Å². The summed E-state index contributed by atoms with van der Waals surface area (Å²) in [5.41, 5.74) is 5.43. The summed E-state index contributed by atoms with van der Waals surface area (Å²) in [4.78, 5) is 13.7. The van der Waals surface area contributed by atoms with Gasteiger partial charge in [0.05, 0.1) is 6.04 Å². The van der Waals surface area contributed by atoms with Crippen LogP contribution in [-0.2, 0) is 4.79 Å². The summed E-state index contributed by atoms with van der Waals surface area (Å²) in [7, 11) is 0. The Labute approximate surface area is 97.6 Å². The van der Waals surface area contributed by atoms with Crippen LogP contribution in [0.1, 0.15) is 26.7 Å². The number of nitrogens with one attached hydrogen (secondary N) is 1. The van der Waals surface area contributed by atoms with E-state index >= 15 is 0 Å². The molecule has 1 saturated heterocycles. The molecule has 1 aliphatic heterocycles. The third-order valence-corrected chi connectivity index (χ3v) is 3.86. The number of rotatable bonds is 5. The molecule has 3 unspecified atom stereocenters. The highest BCUT2D eigenvalue weighted by Crippen LogP contribution is 2.23. The number of carbonyl (C=O) groups is 1. The zero-order valence-electron chi connectivity index (χ0n) is 10.3. The number of primary amides is 1. The second-order valence-electron chi connectivity index (χ2n) is 5.57. The number of hydrogen-bond acceptors (Lipinski definition) is 3. The van der Waals surface area contributed by atoms with Crippen LogP contribution in [0.2, 0.25) is 0 Å². The summed E-state index contributed by atoms with van der Waals surface area (Å²) in [5.74, 6) is 1.25. The average Bonchev–Trinajstić information content (AvgIpc) is 2.94. The number of carbonyl (C=O) groups excluding carboxylic acids is 1. The molecule has 0 radical (unpaired) electrons. The number of nitrogens with zero attached hydrogens (tertiary/aromatic N) is 1. The summed E-state index contributed by atoms with van der Waals surface area (Å²) in [6.07, 6.45) is 2.38. The van der Waals surface area contributed by atoms with Gasteiger partial charge in [-0.2, -0.15) is 0 Å². The van der Waals surface area contributed by atoms with Crippen LogP contribution in [0, 0.1) is 11.8 Å². The van der Waals surface area contributed by atoms with Crippen molar-refractivity contribution in [3.63, 3.8) is 0 Å². The fourth-order valence-electron chi connectivity index (χ4n) is 2.42. The van der Waals surface area contributed by atoms with Crippen LogP contribution in [0.4, 0.5) is 0 Å². The largest absolute Gasteiger partial charge is 0.368 e. The SMILES string of the molecule is CC1CN(CC(NC2CC2)C(N)=O)CC1C. The predicted octanol–water partition coefficient (Wildman–Crippen LogP) is 0.180. The Balaban J connectivity index is 1.83. The first-order valence-electron chi connectivity index (χ1n) is 6.34. The van der Waals surface area contributed by atoms with Crippen LogP contribution < -0.4 is 11.1 Å². The summed E-state index contributed by atoms with van der Waals surface area (Å²) < 4.78 is 0. The number of likely N-dealkylation sites (tertiary alicyclic amines) is 1. The van der Waals surface area contributed by atoms with Gasteiger partial charge < -0.3 is 16.0 Å². The van der Waals surface area contributed by atoms with Gasteiger partial charge in [0.2, 0.25) is 5.91 Å².